The van der Waals surface area contributed by atoms with Gasteiger partial charge in [-0.1, -0.05) is 24.3 Å². The Bertz CT molecular complexity index is 1690. The Hall–Kier alpha value is -5.19. The number of rotatable bonds is 8. The number of benzene rings is 3. The van der Waals surface area contributed by atoms with Crippen molar-refractivity contribution in [3.8, 4) is 17.2 Å². The Labute approximate surface area is 222 Å². The molecule has 0 fully saturated rings. The second-order valence-corrected chi connectivity index (χ2v) is 8.47. The van der Waals surface area contributed by atoms with E-state index >= 15 is 0 Å². The molecule has 3 N–H and O–H groups in total. The lowest BCUT2D eigenvalue weighted by Gasteiger charge is -2.12. The predicted octanol–water partition coefficient (Wildman–Crippen LogP) is 4.14. The van der Waals surface area contributed by atoms with Gasteiger partial charge in [0.25, 0.3) is 5.91 Å². The van der Waals surface area contributed by atoms with E-state index in [1.807, 2.05) is 18.2 Å². The van der Waals surface area contributed by atoms with Gasteiger partial charge in [-0.15, -0.1) is 0 Å². The Morgan fingerprint density at radius 2 is 1.64 bits per heavy atom. The molecular weight excluding hydrogens is 503 g/mol. The molecule has 5 aromatic rings. The van der Waals surface area contributed by atoms with Gasteiger partial charge < -0.3 is 25.3 Å². The van der Waals surface area contributed by atoms with E-state index < -0.39 is 5.91 Å². The number of anilines is 1. The maximum Gasteiger partial charge on any atom is 0.257 e. The summed E-state index contributed by atoms with van der Waals surface area (Å²) in [6.07, 6.45) is 1.54. The van der Waals surface area contributed by atoms with E-state index in [-0.39, 0.29) is 23.7 Å². The van der Waals surface area contributed by atoms with Crippen molar-refractivity contribution >= 4 is 40.1 Å². The molecular formula is C28H25FN6O4. The second-order valence-electron chi connectivity index (χ2n) is 8.47. The van der Waals surface area contributed by atoms with Crippen molar-refractivity contribution in [3.63, 3.8) is 0 Å². The van der Waals surface area contributed by atoms with Crippen LogP contribution in [-0.2, 0) is 6.54 Å². The standard InChI is InChI=1S/C28H25FN6O4/c1-37-21-12-17(13-22(38-2)25(21)39-3)15-32-35-26(30)23(28(36)31-14-16-8-10-18(29)11-9-16)24-27(35)34-20-7-5-4-6-19(20)33-24/h4-13,15H,14,30H2,1-3H3,(H,31,36). The molecule has 5 rings (SSSR count). The highest BCUT2D eigenvalue weighted by atomic mass is 19.1. The third-order valence-corrected chi connectivity index (χ3v) is 6.08. The van der Waals surface area contributed by atoms with Gasteiger partial charge in [-0.2, -0.15) is 9.78 Å². The first-order valence-electron chi connectivity index (χ1n) is 11.9. The van der Waals surface area contributed by atoms with Crippen LogP contribution in [-0.4, -0.2) is 48.1 Å². The first-order valence-corrected chi connectivity index (χ1v) is 11.9. The van der Waals surface area contributed by atoms with Crippen LogP contribution in [0.4, 0.5) is 10.2 Å². The second kappa shape index (κ2) is 10.7. The van der Waals surface area contributed by atoms with E-state index in [0.29, 0.717) is 45.0 Å². The maximum atomic E-state index is 13.3. The minimum Gasteiger partial charge on any atom is -0.493 e. The van der Waals surface area contributed by atoms with Crippen LogP contribution in [0.1, 0.15) is 21.5 Å². The van der Waals surface area contributed by atoms with Gasteiger partial charge in [0.05, 0.1) is 38.6 Å². The fourth-order valence-corrected chi connectivity index (χ4v) is 4.16. The highest BCUT2D eigenvalue weighted by Gasteiger charge is 2.24. The van der Waals surface area contributed by atoms with E-state index in [0.717, 1.165) is 5.56 Å². The van der Waals surface area contributed by atoms with Gasteiger partial charge in [-0.05, 0) is 42.0 Å². The van der Waals surface area contributed by atoms with Crippen molar-refractivity contribution in [1.82, 2.24) is 20.0 Å². The van der Waals surface area contributed by atoms with E-state index in [1.54, 1.807) is 30.3 Å². The number of nitrogen functional groups attached to an aromatic ring is 1. The third-order valence-electron chi connectivity index (χ3n) is 6.08. The summed E-state index contributed by atoms with van der Waals surface area (Å²) in [7, 11) is 4.56. The number of nitrogens with zero attached hydrogens (tertiary/aromatic N) is 4. The summed E-state index contributed by atoms with van der Waals surface area (Å²) >= 11 is 0. The van der Waals surface area contributed by atoms with Crippen LogP contribution in [0, 0.1) is 5.82 Å². The SMILES string of the molecule is COc1cc(C=Nn2c(N)c(C(=O)NCc3ccc(F)cc3)c3nc4ccccc4nc32)cc(OC)c1OC. The van der Waals surface area contributed by atoms with Crippen molar-refractivity contribution in [2.75, 3.05) is 27.1 Å². The number of nitrogens with two attached hydrogens (primary N) is 1. The fraction of sp³-hybridized carbons (Fsp3) is 0.143. The molecule has 0 aliphatic rings. The highest BCUT2D eigenvalue weighted by Crippen LogP contribution is 2.38. The van der Waals surface area contributed by atoms with Crippen LogP contribution in [0.15, 0.2) is 65.8 Å². The van der Waals surface area contributed by atoms with Gasteiger partial charge >= 0.3 is 0 Å². The summed E-state index contributed by atoms with van der Waals surface area (Å²) in [5.41, 5.74) is 9.78. The largest absolute Gasteiger partial charge is 0.493 e. The Balaban J connectivity index is 1.59. The van der Waals surface area contributed by atoms with Gasteiger partial charge in [-0.25, -0.2) is 14.4 Å². The van der Waals surface area contributed by atoms with Gasteiger partial charge in [-0.3, -0.25) is 4.79 Å². The van der Waals surface area contributed by atoms with Crippen molar-refractivity contribution in [1.29, 1.82) is 0 Å². The monoisotopic (exact) mass is 528 g/mol. The first kappa shape index (κ1) is 25.5. The summed E-state index contributed by atoms with van der Waals surface area (Å²) in [5, 5.41) is 7.36. The van der Waals surface area contributed by atoms with E-state index in [1.165, 1.54) is 44.4 Å². The van der Waals surface area contributed by atoms with Crippen LogP contribution in [0.3, 0.4) is 0 Å². The number of para-hydroxylation sites is 2. The molecule has 0 aliphatic carbocycles. The minimum atomic E-state index is -0.465. The molecule has 3 aromatic carbocycles. The molecule has 0 radical (unpaired) electrons. The number of fused-ring (bicyclic) bond motifs is 2. The number of methoxy groups -OCH3 is 3. The zero-order chi connectivity index (χ0) is 27.5. The molecule has 0 bridgehead atoms. The number of aromatic nitrogens is 3. The molecule has 10 nitrogen and oxygen atoms in total. The molecule has 0 spiro atoms. The number of carbonyl (C=O) groups excluding carboxylic acids is 1. The Kier molecular flexibility index (Phi) is 6.96. The van der Waals surface area contributed by atoms with Gasteiger partial charge in [0.15, 0.2) is 17.1 Å². The maximum absolute atomic E-state index is 13.3. The number of hydrogen-bond acceptors (Lipinski definition) is 8. The lowest BCUT2D eigenvalue weighted by atomic mass is 10.2. The van der Waals surface area contributed by atoms with E-state index in [2.05, 4.69) is 15.4 Å². The topological polar surface area (TPSA) is 126 Å². The number of hydrogen-bond donors (Lipinski definition) is 2. The molecule has 198 valence electrons. The quantitative estimate of drug-likeness (QED) is 0.290. The molecule has 0 saturated carbocycles. The van der Waals surface area contributed by atoms with Crippen LogP contribution >= 0.6 is 0 Å². The predicted molar refractivity (Wildman–Crippen MR) is 146 cm³/mol. The normalized spacial score (nSPS) is 11.3. The average molecular weight is 529 g/mol. The fourth-order valence-electron chi connectivity index (χ4n) is 4.16. The van der Waals surface area contributed by atoms with Gasteiger partial charge in [0.1, 0.15) is 22.7 Å². The average Bonchev–Trinajstić information content (AvgIpc) is 3.23. The van der Waals surface area contributed by atoms with Crippen LogP contribution in [0.2, 0.25) is 0 Å². The van der Waals surface area contributed by atoms with Crippen LogP contribution in [0.5, 0.6) is 17.2 Å². The molecule has 0 saturated heterocycles. The number of amides is 1. The van der Waals surface area contributed by atoms with Crippen molar-refractivity contribution in [2.45, 2.75) is 6.54 Å². The molecule has 0 aliphatic heterocycles. The number of carbonyl (C=O) groups is 1. The molecule has 2 heterocycles. The Morgan fingerprint density at radius 3 is 2.26 bits per heavy atom. The zero-order valence-electron chi connectivity index (χ0n) is 21.4. The number of halogens is 1. The molecule has 2 aromatic heterocycles. The van der Waals surface area contributed by atoms with Gasteiger partial charge in [0.2, 0.25) is 5.75 Å². The Morgan fingerprint density at radius 1 is 1.00 bits per heavy atom. The highest BCUT2D eigenvalue weighted by molar-refractivity contribution is 6.10. The molecule has 1 amide bonds. The van der Waals surface area contributed by atoms with Crippen molar-refractivity contribution < 1.29 is 23.4 Å². The summed E-state index contributed by atoms with van der Waals surface area (Å²) in [6.45, 7) is 0.168. The molecule has 39 heavy (non-hydrogen) atoms. The summed E-state index contributed by atoms with van der Waals surface area (Å²) in [4.78, 5) is 22.7. The van der Waals surface area contributed by atoms with Crippen LogP contribution in [0.25, 0.3) is 22.2 Å². The van der Waals surface area contributed by atoms with E-state index in [4.69, 9.17) is 24.9 Å². The lowest BCUT2D eigenvalue weighted by molar-refractivity contribution is 0.0953. The lowest BCUT2D eigenvalue weighted by Crippen LogP contribution is -2.23. The summed E-state index contributed by atoms with van der Waals surface area (Å²) < 4.78 is 30.9. The molecule has 0 unspecified atom stereocenters. The van der Waals surface area contributed by atoms with E-state index in [9.17, 15) is 9.18 Å². The third kappa shape index (κ3) is 4.89. The van der Waals surface area contributed by atoms with Gasteiger partial charge in [0, 0.05) is 12.1 Å². The smallest absolute Gasteiger partial charge is 0.257 e. The van der Waals surface area contributed by atoms with Crippen molar-refractivity contribution in [2.24, 2.45) is 5.10 Å². The molecule has 0 atom stereocenters. The first-order chi connectivity index (χ1) is 18.9. The van der Waals surface area contributed by atoms with Crippen molar-refractivity contribution in [3.05, 3.63) is 83.2 Å². The number of ether oxygens (including phenoxy) is 3. The summed E-state index contributed by atoms with van der Waals surface area (Å²) in [6, 6.07) is 16.6. The minimum absolute atomic E-state index is 0.0561. The van der Waals surface area contributed by atoms with Crippen LogP contribution < -0.4 is 25.3 Å². The number of nitrogens with one attached hydrogen (secondary N) is 1. The zero-order valence-corrected chi connectivity index (χ0v) is 21.4. The molecule has 11 heteroatoms. The summed E-state index contributed by atoms with van der Waals surface area (Å²) in [5.74, 6) is 0.587.